The maximum atomic E-state index is 12.8. The molecule has 0 saturated heterocycles. The third kappa shape index (κ3) is 4.17. The van der Waals surface area contributed by atoms with Crippen LogP contribution in [-0.4, -0.2) is 31.6 Å². The Morgan fingerprint density at radius 1 is 1.15 bits per heavy atom. The molecule has 0 spiro atoms. The Balaban J connectivity index is 1.76. The summed E-state index contributed by atoms with van der Waals surface area (Å²) < 4.78 is 1.47. The van der Waals surface area contributed by atoms with Crippen LogP contribution in [0.2, 0.25) is 0 Å². The van der Waals surface area contributed by atoms with E-state index in [0.29, 0.717) is 11.4 Å². The Morgan fingerprint density at radius 2 is 1.81 bits per heavy atom. The van der Waals surface area contributed by atoms with Gasteiger partial charge in [0.15, 0.2) is 5.82 Å². The van der Waals surface area contributed by atoms with Gasteiger partial charge in [-0.2, -0.15) is 5.10 Å². The number of carbonyl (C=O) groups is 1. The summed E-state index contributed by atoms with van der Waals surface area (Å²) in [6, 6.07) is 15.4. The van der Waals surface area contributed by atoms with E-state index in [1.807, 2.05) is 44.2 Å². The number of nitro benzene ring substituents is 1. The summed E-state index contributed by atoms with van der Waals surface area (Å²) in [6.07, 6.45) is 1.48. The molecule has 0 N–H and O–H groups in total. The van der Waals surface area contributed by atoms with Gasteiger partial charge in [0.05, 0.1) is 4.92 Å². The van der Waals surface area contributed by atoms with Gasteiger partial charge in [0.2, 0.25) is 5.91 Å². The summed E-state index contributed by atoms with van der Waals surface area (Å²) >= 11 is 0. The Kier molecular flexibility index (Phi) is 5.25. The van der Waals surface area contributed by atoms with Crippen LogP contribution in [-0.2, 0) is 11.3 Å². The van der Waals surface area contributed by atoms with Crippen LogP contribution < -0.4 is 4.90 Å². The predicted octanol–water partition coefficient (Wildman–Crippen LogP) is 3.29. The average Bonchev–Trinajstić information content (AvgIpc) is 3.11. The molecule has 138 valence electrons. The summed E-state index contributed by atoms with van der Waals surface area (Å²) in [5, 5.41) is 15.1. The van der Waals surface area contributed by atoms with Gasteiger partial charge in [-0.25, -0.2) is 9.67 Å². The maximum Gasteiger partial charge on any atom is 0.269 e. The van der Waals surface area contributed by atoms with Gasteiger partial charge in [-0.15, -0.1) is 0 Å². The van der Waals surface area contributed by atoms with Crippen molar-refractivity contribution in [2.75, 3.05) is 4.90 Å². The number of aromatic nitrogens is 3. The van der Waals surface area contributed by atoms with Crippen molar-refractivity contribution in [1.82, 2.24) is 14.8 Å². The van der Waals surface area contributed by atoms with Gasteiger partial charge in [-0.1, -0.05) is 18.2 Å². The number of amides is 1. The minimum Gasteiger partial charge on any atom is -0.308 e. The lowest BCUT2D eigenvalue weighted by atomic mass is 10.2. The number of anilines is 1. The number of benzene rings is 2. The first-order valence-corrected chi connectivity index (χ1v) is 8.47. The molecule has 8 nitrogen and oxygen atoms in total. The molecule has 0 saturated carbocycles. The fourth-order valence-corrected chi connectivity index (χ4v) is 2.77. The Labute approximate surface area is 156 Å². The van der Waals surface area contributed by atoms with Crippen LogP contribution in [0.1, 0.15) is 13.8 Å². The van der Waals surface area contributed by atoms with E-state index in [2.05, 4.69) is 10.1 Å². The van der Waals surface area contributed by atoms with Gasteiger partial charge < -0.3 is 4.90 Å². The number of carbonyl (C=O) groups excluding carboxylic acids is 1. The van der Waals surface area contributed by atoms with Gasteiger partial charge in [0.25, 0.3) is 5.69 Å². The highest BCUT2D eigenvalue weighted by molar-refractivity contribution is 5.93. The molecule has 0 atom stereocenters. The van der Waals surface area contributed by atoms with Crippen LogP contribution in [0, 0.1) is 10.1 Å². The second-order valence-electron chi connectivity index (χ2n) is 6.26. The van der Waals surface area contributed by atoms with E-state index in [1.165, 1.54) is 23.1 Å². The van der Waals surface area contributed by atoms with Gasteiger partial charge in [0.1, 0.15) is 12.9 Å². The van der Waals surface area contributed by atoms with E-state index in [0.717, 1.165) is 5.69 Å². The summed E-state index contributed by atoms with van der Waals surface area (Å²) in [6.45, 7) is 3.95. The summed E-state index contributed by atoms with van der Waals surface area (Å²) in [4.78, 5) is 29.0. The fourth-order valence-electron chi connectivity index (χ4n) is 2.77. The molecule has 3 aromatic rings. The molecule has 0 radical (unpaired) electrons. The van der Waals surface area contributed by atoms with E-state index in [9.17, 15) is 14.9 Å². The van der Waals surface area contributed by atoms with Crippen molar-refractivity contribution in [3.8, 4) is 11.4 Å². The third-order valence-electron chi connectivity index (χ3n) is 3.99. The van der Waals surface area contributed by atoms with Gasteiger partial charge in [-0.05, 0) is 38.1 Å². The second-order valence-corrected chi connectivity index (χ2v) is 6.26. The van der Waals surface area contributed by atoms with Crippen molar-refractivity contribution in [3.63, 3.8) is 0 Å². The topological polar surface area (TPSA) is 94.2 Å². The van der Waals surface area contributed by atoms with Crippen LogP contribution in [0.25, 0.3) is 11.4 Å². The SMILES string of the molecule is CC(C)N(C(=O)Cn1cnc(-c2ccc([N+](=O)[O-])cc2)n1)c1ccccc1. The number of para-hydroxylation sites is 1. The van der Waals surface area contributed by atoms with Crippen molar-refractivity contribution < 1.29 is 9.72 Å². The van der Waals surface area contributed by atoms with Crippen molar-refractivity contribution in [3.05, 3.63) is 71.0 Å². The molecular formula is C19H19N5O3. The van der Waals surface area contributed by atoms with Crippen molar-refractivity contribution in [2.45, 2.75) is 26.4 Å². The van der Waals surface area contributed by atoms with Gasteiger partial charge >= 0.3 is 0 Å². The zero-order valence-electron chi connectivity index (χ0n) is 15.0. The van der Waals surface area contributed by atoms with E-state index in [-0.39, 0.29) is 24.2 Å². The van der Waals surface area contributed by atoms with Crippen LogP contribution in [0.3, 0.4) is 0 Å². The number of rotatable bonds is 6. The molecule has 1 amide bonds. The lowest BCUT2D eigenvalue weighted by molar-refractivity contribution is -0.384. The Hall–Kier alpha value is -3.55. The van der Waals surface area contributed by atoms with Crippen molar-refractivity contribution >= 4 is 17.3 Å². The van der Waals surface area contributed by atoms with Crippen LogP contribution in [0.5, 0.6) is 0 Å². The molecule has 0 bridgehead atoms. The molecule has 1 aromatic heterocycles. The number of nitrogens with zero attached hydrogens (tertiary/aromatic N) is 5. The lowest BCUT2D eigenvalue weighted by Gasteiger charge is -2.26. The smallest absolute Gasteiger partial charge is 0.269 e. The zero-order valence-corrected chi connectivity index (χ0v) is 15.0. The number of hydrogen-bond acceptors (Lipinski definition) is 5. The normalized spacial score (nSPS) is 10.8. The second kappa shape index (κ2) is 7.77. The van der Waals surface area contributed by atoms with E-state index in [4.69, 9.17) is 0 Å². The highest BCUT2D eigenvalue weighted by atomic mass is 16.6. The molecule has 0 aliphatic rings. The number of non-ortho nitro benzene ring substituents is 1. The minimum absolute atomic E-state index is 0.00226. The summed E-state index contributed by atoms with van der Waals surface area (Å²) in [5.74, 6) is 0.310. The van der Waals surface area contributed by atoms with Gasteiger partial charge in [-0.3, -0.25) is 14.9 Å². The first-order chi connectivity index (χ1) is 13.0. The lowest BCUT2D eigenvalue weighted by Crippen LogP contribution is -2.39. The van der Waals surface area contributed by atoms with Crippen molar-refractivity contribution in [1.29, 1.82) is 0 Å². The minimum atomic E-state index is -0.460. The van der Waals surface area contributed by atoms with E-state index < -0.39 is 4.92 Å². The number of hydrogen-bond donors (Lipinski definition) is 0. The zero-order chi connectivity index (χ0) is 19.4. The first kappa shape index (κ1) is 18.2. The molecule has 3 rings (SSSR count). The van der Waals surface area contributed by atoms with E-state index in [1.54, 1.807) is 17.0 Å². The highest BCUT2D eigenvalue weighted by Gasteiger charge is 2.20. The highest BCUT2D eigenvalue weighted by Crippen LogP contribution is 2.20. The molecule has 0 aliphatic carbocycles. The molecule has 0 aliphatic heterocycles. The standard InChI is InChI=1S/C19H19N5O3/c1-14(2)23(16-6-4-3-5-7-16)18(25)12-22-13-20-19(21-22)15-8-10-17(11-9-15)24(26)27/h3-11,13-14H,12H2,1-2H3. The quantitative estimate of drug-likeness (QED) is 0.493. The summed E-state index contributed by atoms with van der Waals surface area (Å²) in [7, 11) is 0. The molecule has 8 heteroatoms. The molecule has 27 heavy (non-hydrogen) atoms. The summed E-state index contributed by atoms with van der Waals surface area (Å²) in [5.41, 5.74) is 1.48. The fraction of sp³-hybridized carbons (Fsp3) is 0.211. The third-order valence-corrected chi connectivity index (χ3v) is 3.99. The van der Waals surface area contributed by atoms with Crippen LogP contribution >= 0.6 is 0 Å². The molecular weight excluding hydrogens is 346 g/mol. The van der Waals surface area contributed by atoms with Gasteiger partial charge in [0, 0.05) is 29.4 Å². The maximum absolute atomic E-state index is 12.8. The monoisotopic (exact) mass is 365 g/mol. The average molecular weight is 365 g/mol. The molecule has 2 aromatic carbocycles. The first-order valence-electron chi connectivity index (χ1n) is 8.47. The van der Waals surface area contributed by atoms with Crippen LogP contribution in [0.4, 0.5) is 11.4 Å². The Morgan fingerprint density at radius 3 is 2.41 bits per heavy atom. The predicted molar refractivity (Wildman–Crippen MR) is 101 cm³/mol. The van der Waals surface area contributed by atoms with E-state index >= 15 is 0 Å². The Bertz CT molecular complexity index is 935. The molecule has 0 fully saturated rings. The van der Waals surface area contributed by atoms with Crippen LogP contribution in [0.15, 0.2) is 60.9 Å². The largest absolute Gasteiger partial charge is 0.308 e. The van der Waals surface area contributed by atoms with Crippen molar-refractivity contribution in [2.24, 2.45) is 0 Å². The molecule has 1 heterocycles. The molecule has 0 unspecified atom stereocenters. The number of nitro groups is 1.